The van der Waals surface area contributed by atoms with Crippen LogP contribution >= 0.6 is 15.9 Å². The van der Waals surface area contributed by atoms with Crippen LogP contribution in [0.4, 0.5) is 0 Å². The van der Waals surface area contributed by atoms with E-state index in [1.165, 1.54) is 5.56 Å². The highest BCUT2D eigenvalue weighted by Gasteiger charge is 2.36. The average Bonchev–Trinajstić information content (AvgIpc) is 2.27. The van der Waals surface area contributed by atoms with Gasteiger partial charge in [-0.1, -0.05) is 48.0 Å². The maximum Gasteiger partial charge on any atom is 0.0688 e. The summed E-state index contributed by atoms with van der Waals surface area (Å²) < 4.78 is 1.11. The van der Waals surface area contributed by atoms with Gasteiger partial charge in [-0.05, 0) is 42.7 Å². The van der Waals surface area contributed by atoms with Crippen molar-refractivity contribution in [2.75, 3.05) is 0 Å². The Morgan fingerprint density at radius 1 is 1.12 bits per heavy atom. The standard InChI is InChI=1S/C15H21BrO/c1-14(2)7-9-15(17,10-8-14)11-12-5-3-4-6-13(12)16/h3-6,17H,7-11H2,1-2H3. The van der Waals surface area contributed by atoms with Crippen molar-refractivity contribution in [3.05, 3.63) is 34.3 Å². The molecule has 0 amide bonds. The van der Waals surface area contributed by atoms with Crippen LogP contribution in [0.2, 0.25) is 0 Å². The molecule has 1 saturated carbocycles. The molecule has 1 N–H and O–H groups in total. The number of hydrogen-bond donors (Lipinski definition) is 1. The molecule has 0 heterocycles. The van der Waals surface area contributed by atoms with Crippen LogP contribution in [0.1, 0.15) is 45.1 Å². The van der Waals surface area contributed by atoms with Gasteiger partial charge in [-0.25, -0.2) is 0 Å². The maximum absolute atomic E-state index is 10.7. The number of hydrogen-bond acceptors (Lipinski definition) is 1. The Kier molecular flexibility index (Phi) is 3.65. The van der Waals surface area contributed by atoms with Crippen LogP contribution in [0.15, 0.2) is 28.7 Å². The smallest absolute Gasteiger partial charge is 0.0688 e. The Labute approximate surface area is 112 Å². The summed E-state index contributed by atoms with van der Waals surface area (Å²) >= 11 is 3.56. The van der Waals surface area contributed by atoms with E-state index >= 15 is 0 Å². The van der Waals surface area contributed by atoms with Gasteiger partial charge in [-0.3, -0.25) is 0 Å². The minimum Gasteiger partial charge on any atom is -0.390 e. The topological polar surface area (TPSA) is 20.2 Å². The highest BCUT2D eigenvalue weighted by Crippen LogP contribution is 2.42. The second-order valence-corrected chi connectivity index (χ2v) is 7.01. The van der Waals surface area contributed by atoms with Gasteiger partial charge in [0.25, 0.3) is 0 Å². The summed E-state index contributed by atoms with van der Waals surface area (Å²) in [7, 11) is 0. The van der Waals surface area contributed by atoms with Crippen LogP contribution in [0.5, 0.6) is 0 Å². The Hall–Kier alpha value is -0.340. The Morgan fingerprint density at radius 3 is 2.29 bits per heavy atom. The first kappa shape index (κ1) is 13.1. The summed E-state index contributed by atoms with van der Waals surface area (Å²) in [5, 5.41) is 10.7. The molecular formula is C15H21BrO. The lowest BCUT2D eigenvalue weighted by Crippen LogP contribution is -2.38. The van der Waals surface area contributed by atoms with E-state index in [4.69, 9.17) is 0 Å². The molecule has 0 atom stereocenters. The molecule has 0 bridgehead atoms. The summed E-state index contributed by atoms with van der Waals surface area (Å²) in [4.78, 5) is 0. The summed E-state index contributed by atoms with van der Waals surface area (Å²) in [5.41, 5.74) is 1.12. The van der Waals surface area contributed by atoms with E-state index in [1.807, 2.05) is 18.2 Å². The van der Waals surface area contributed by atoms with Crippen molar-refractivity contribution in [3.8, 4) is 0 Å². The largest absolute Gasteiger partial charge is 0.390 e. The third kappa shape index (κ3) is 3.32. The normalized spacial score (nSPS) is 22.4. The second-order valence-electron chi connectivity index (χ2n) is 6.16. The van der Waals surface area contributed by atoms with E-state index in [9.17, 15) is 5.11 Å². The predicted molar refractivity (Wildman–Crippen MR) is 75.0 cm³/mol. The van der Waals surface area contributed by atoms with Crippen LogP contribution in [0.3, 0.4) is 0 Å². The molecule has 0 radical (unpaired) electrons. The molecule has 1 nitrogen and oxygen atoms in total. The van der Waals surface area contributed by atoms with Gasteiger partial charge in [0.15, 0.2) is 0 Å². The van der Waals surface area contributed by atoms with Crippen molar-refractivity contribution >= 4 is 15.9 Å². The lowest BCUT2D eigenvalue weighted by Gasteiger charge is -2.40. The van der Waals surface area contributed by atoms with Crippen LogP contribution in [-0.2, 0) is 6.42 Å². The first-order valence-electron chi connectivity index (χ1n) is 6.36. The highest BCUT2D eigenvalue weighted by molar-refractivity contribution is 9.10. The summed E-state index contributed by atoms with van der Waals surface area (Å²) in [6.45, 7) is 4.59. The molecule has 0 spiro atoms. The van der Waals surface area contributed by atoms with Gasteiger partial charge < -0.3 is 5.11 Å². The van der Waals surface area contributed by atoms with Crippen LogP contribution in [-0.4, -0.2) is 10.7 Å². The van der Waals surface area contributed by atoms with Gasteiger partial charge in [0, 0.05) is 10.9 Å². The van der Waals surface area contributed by atoms with Crippen molar-refractivity contribution in [1.29, 1.82) is 0 Å². The van der Waals surface area contributed by atoms with E-state index < -0.39 is 5.60 Å². The average molecular weight is 297 g/mol. The lowest BCUT2D eigenvalue weighted by atomic mass is 9.69. The van der Waals surface area contributed by atoms with Crippen molar-refractivity contribution in [2.24, 2.45) is 5.41 Å². The number of halogens is 1. The van der Waals surface area contributed by atoms with Crippen LogP contribution < -0.4 is 0 Å². The molecule has 1 fully saturated rings. The van der Waals surface area contributed by atoms with E-state index in [-0.39, 0.29) is 0 Å². The van der Waals surface area contributed by atoms with Gasteiger partial charge in [-0.2, -0.15) is 0 Å². The summed E-state index contributed by atoms with van der Waals surface area (Å²) in [6, 6.07) is 8.20. The molecule has 2 heteroatoms. The van der Waals surface area contributed by atoms with E-state index in [0.717, 1.165) is 36.6 Å². The molecule has 0 aliphatic heterocycles. The number of benzene rings is 1. The third-order valence-corrected chi connectivity index (χ3v) is 4.79. The predicted octanol–water partition coefficient (Wildman–Crippen LogP) is 4.32. The van der Waals surface area contributed by atoms with Crippen LogP contribution in [0.25, 0.3) is 0 Å². The molecule has 0 aromatic heterocycles. The maximum atomic E-state index is 10.7. The molecule has 1 aromatic carbocycles. The first-order valence-corrected chi connectivity index (χ1v) is 7.15. The summed E-state index contributed by atoms with van der Waals surface area (Å²) in [6.07, 6.45) is 4.84. The molecule has 17 heavy (non-hydrogen) atoms. The monoisotopic (exact) mass is 296 g/mol. The van der Waals surface area contributed by atoms with E-state index in [2.05, 4.69) is 35.8 Å². The Bertz CT molecular complexity index is 388. The Morgan fingerprint density at radius 2 is 1.71 bits per heavy atom. The fourth-order valence-electron chi connectivity index (χ4n) is 2.57. The molecule has 1 aromatic rings. The second kappa shape index (κ2) is 4.74. The highest BCUT2D eigenvalue weighted by atomic mass is 79.9. The SMILES string of the molecule is CC1(C)CCC(O)(Cc2ccccc2Br)CC1. The summed E-state index contributed by atoms with van der Waals surface area (Å²) in [5.74, 6) is 0. The molecular weight excluding hydrogens is 276 g/mol. The zero-order chi connectivity index (χ0) is 12.5. The fourth-order valence-corrected chi connectivity index (χ4v) is 2.99. The van der Waals surface area contributed by atoms with E-state index in [0.29, 0.717) is 5.41 Å². The Balaban J connectivity index is 2.07. The van der Waals surface area contributed by atoms with E-state index in [1.54, 1.807) is 0 Å². The van der Waals surface area contributed by atoms with Crippen molar-refractivity contribution in [3.63, 3.8) is 0 Å². The fraction of sp³-hybridized carbons (Fsp3) is 0.600. The molecule has 0 unspecified atom stereocenters. The van der Waals surface area contributed by atoms with Crippen molar-refractivity contribution in [2.45, 2.75) is 51.6 Å². The van der Waals surface area contributed by atoms with Gasteiger partial charge >= 0.3 is 0 Å². The molecule has 0 saturated heterocycles. The minimum absolute atomic E-state index is 0.403. The van der Waals surface area contributed by atoms with Gasteiger partial charge in [0.2, 0.25) is 0 Å². The van der Waals surface area contributed by atoms with Gasteiger partial charge in [0.1, 0.15) is 0 Å². The van der Waals surface area contributed by atoms with Crippen LogP contribution in [0, 0.1) is 5.41 Å². The molecule has 94 valence electrons. The first-order chi connectivity index (χ1) is 7.90. The zero-order valence-corrected chi connectivity index (χ0v) is 12.3. The quantitative estimate of drug-likeness (QED) is 0.861. The third-order valence-electron chi connectivity index (χ3n) is 4.01. The molecule has 2 rings (SSSR count). The van der Waals surface area contributed by atoms with Gasteiger partial charge in [0.05, 0.1) is 5.60 Å². The van der Waals surface area contributed by atoms with Gasteiger partial charge in [-0.15, -0.1) is 0 Å². The number of rotatable bonds is 2. The lowest BCUT2D eigenvalue weighted by molar-refractivity contribution is -0.0252. The number of aliphatic hydroxyl groups is 1. The van der Waals surface area contributed by atoms with Crippen molar-refractivity contribution in [1.82, 2.24) is 0 Å². The minimum atomic E-state index is -0.501. The molecule has 1 aliphatic carbocycles. The van der Waals surface area contributed by atoms with Crippen molar-refractivity contribution < 1.29 is 5.11 Å². The molecule has 1 aliphatic rings. The zero-order valence-electron chi connectivity index (χ0n) is 10.7.